The first kappa shape index (κ1) is 15.1. The Morgan fingerprint density at radius 3 is 2.79 bits per heavy atom. The molecule has 0 aliphatic heterocycles. The first-order valence-corrected chi connectivity index (χ1v) is 8.83. The van der Waals surface area contributed by atoms with Crippen LogP contribution in [0.2, 0.25) is 0 Å². The summed E-state index contributed by atoms with van der Waals surface area (Å²) in [6.07, 6.45) is 10.3. The van der Waals surface area contributed by atoms with E-state index in [1.807, 2.05) is 41.4 Å². The topological polar surface area (TPSA) is 55.6 Å². The maximum absolute atomic E-state index is 4.70. The number of nitrogens with one attached hydrogen (secondary N) is 1. The lowest BCUT2D eigenvalue weighted by Gasteiger charge is -2.28. The molecule has 1 aromatic carbocycles. The number of para-hydroxylation sites is 2. The minimum atomic E-state index is 0.403. The number of fused-ring (bicyclic) bond motifs is 1. The number of benzene rings is 1. The van der Waals surface area contributed by atoms with Crippen LogP contribution in [0.5, 0.6) is 0 Å². The minimum Gasteiger partial charge on any atom is -0.351 e. The van der Waals surface area contributed by atoms with E-state index in [0.29, 0.717) is 12.0 Å². The third-order valence-corrected chi connectivity index (χ3v) is 5.05. The molecule has 0 radical (unpaired) electrons. The summed E-state index contributed by atoms with van der Waals surface area (Å²) in [6, 6.07) is 10.4. The van der Waals surface area contributed by atoms with Gasteiger partial charge in [0.15, 0.2) is 0 Å². The SMILES string of the molecule is C[C@H](Nc1nccc(-n2cnc3ccccc32)n1)C1CCCCC1. The lowest BCUT2D eigenvalue weighted by atomic mass is 9.85. The molecule has 0 spiro atoms. The van der Waals surface area contributed by atoms with Crippen molar-refractivity contribution in [2.45, 2.75) is 45.1 Å². The van der Waals surface area contributed by atoms with Crippen molar-refractivity contribution in [1.82, 2.24) is 19.5 Å². The van der Waals surface area contributed by atoms with Gasteiger partial charge in [-0.15, -0.1) is 0 Å². The molecule has 1 atom stereocenters. The van der Waals surface area contributed by atoms with E-state index in [0.717, 1.165) is 22.8 Å². The van der Waals surface area contributed by atoms with Gasteiger partial charge < -0.3 is 5.32 Å². The molecule has 1 fully saturated rings. The van der Waals surface area contributed by atoms with Crippen LogP contribution in [-0.4, -0.2) is 25.6 Å². The third kappa shape index (κ3) is 2.98. The van der Waals surface area contributed by atoms with E-state index in [1.54, 1.807) is 0 Å². The molecule has 0 amide bonds. The molecule has 5 heteroatoms. The van der Waals surface area contributed by atoms with Gasteiger partial charge >= 0.3 is 0 Å². The zero-order chi connectivity index (χ0) is 16.4. The summed E-state index contributed by atoms with van der Waals surface area (Å²) in [7, 11) is 0. The molecule has 0 bridgehead atoms. The van der Waals surface area contributed by atoms with Crippen molar-refractivity contribution in [1.29, 1.82) is 0 Å². The van der Waals surface area contributed by atoms with Crippen molar-refractivity contribution in [3.63, 3.8) is 0 Å². The molecule has 1 N–H and O–H groups in total. The van der Waals surface area contributed by atoms with Gasteiger partial charge in [0, 0.05) is 12.2 Å². The summed E-state index contributed by atoms with van der Waals surface area (Å²) in [4.78, 5) is 13.6. The Balaban J connectivity index is 1.57. The summed E-state index contributed by atoms with van der Waals surface area (Å²) in [5.41, 5.74) is 2.03. The van der Waals surface area contributed by atoms with Crippen LogP contribution in [0.3, 0.4) is 0 Å². The molecular formula is C19H23N5. The number of nitrogens with zero attached hydrogens (tertiary/aromatic N) is 4. The van der Waals surface area contributed by atoms with Crippen molar-refractivity contribution < 1.29 is 0 Å². The second kappa shape index (κ2) is 6.59. The van der Waals surface area contributed by atoms with E-state index >= 15 is 0 Å². The second-order valence-corrected chi connectivity index (χ2v) is 6.67. The average molecular weight is 321 g/mol. The summed E-state index contributed by atoms with van der Waals surface area (Å²) in [6.45, 7) is 2.25. The maximum Gasteiger partial charge on any atom is 0.224 e. The molecule has 24 heavy (non-hydrogen) atoms. The predicted molar refractivity (Wildman–Crippen MR) is 96.3 cm³/mol. The quantitative estimate of drug-likeness (QED) is 0.782. The number of aromatic nitrogens is 4. The second-order valence-electron chi connectivity index (χ2n) is 6.67. The molecule has 5 nitrogen and oxygen atoms in total. The van der Waals surface area contributed by atoms with Gasteiger partial charge in [0.05, 0.1) is 11.0 Å². The highest BCUT2D eigenvalue weighted by Gasteiger charge is 2.20. The number of hydrogen-bond acceptors (Lipinski definition) is 4. The standard InChI is InChI=1S/C19H23N5/c1-14(15-7-3-2-4-8-15)22-19-20-12-11-18(23-19)24-13-21-16-9-5-6-10-17(16)24/h5-6,9-15H,2-4,7-8H2,1H3,(H,20,22,23)/t14-/m0/s1. The fourth-order valence-corrected chi connectivity index (χ4v) is 3.65. The van der Waals surface area contributed by atoms with E-state index in [9.17, 15) is 0 Å². The largest absolute Gasteiger partial charge is 0.351 e. The van der Waals surface area contributed by atoms with Crippen LogP contribution >= 0.6 is 0 Å². The van der Waals surface area contributed by atoms with E-state index in [1.165, 1.54) is 32.1 Å². The van der Waals surface area contributed by atoms with Crippen molar-refractivity contribution in [3.8, 4) is 5.82 Å². The van der Waals surface area contributed by atoms with E-state index in [4.69, 9.17) is 4.98 Å². The molecule has 2 aromatic heterocycles. The first-order valence-electron chi connectivity index (χ1n) is 8.83. The summed E-state index contributed by atoms with van der Waals surface area (Å²) in [5.74, 6) is 2.26. The molecule has 124 valence electrons. The van der Waals surface area contributed by atoms with Crippen molar-refractivity contribution in [3.05, 3.63) is 42.9 Å². The highest BCUT2D eigenvalue weighted by molar-refractivity contribution is 5.76. The van der Waals surface area contributed by atoms with Crippen molar-refractivity contribution in [2.24, 2.45) is 5.92 Å². The zero-order valence-corrected chi connectivity index (χ0v) is 14.0. The Labute approximate surface area is 142 Å². The fourth-order valence-electron chi connectivity index (χ4n) is 3.65. The molecule has 0 saturated heterocycles. The summed E-state index contributed by atoms with van der Waals surface area (Å²) >= 11 is 0. The Morgan fingerprint density at radius 1 is 1.08 bits per heavy atom. The lowest BCUT2D eigenvalue weighted by Crippen LogP contribution is -2.28. The fraction of sp³-hybridized carbons (Fsp3) is 0.421. The van der Waals surface area contributed by atoms with Gasteiger partial charge in [0.2, 0.25) is 5.95 Å². The highest BCUT2D eigenvalue weighted by atomic mass is 15.2. The third-order valence-electron chi connectivity index (χ3n) is 5.05. The molecule has 4 rings (SSSR count). The zero-order valence-electron chi connectivity index (χ0n) is 14.0. The van der Waals surface area contributed by atoms with E-state index in [2.05, 4.69) is 28.3 Å². The van der Waals surface area contributed by atoms with Gasteiger partial charge in [-0.1, -0.05) is 31.4 Å². The van der Waals surface area contributed by atoms with Crippen LogP contribution in [0.1, 0.15) is 39.0 Å². The van der Waals surface area contributed by atoms with Crippen LogP contribution in [0.25, 0.3) is 16.9 Å². The Hall–Kier alpha value is -2.43. The van der Waals surface area contributed by atoms with Crippen LogP contribution in [-0.2, 0) is 0 Å². The normalized spacial score (nSPS) is 17.0. The van der Waals surface area contributed by atoms with Crippen LogP contribution in [0.4, 0.5) is 5.95 Å². The van der Waals surface area contributed by atoms with Gasteiger partial charge in [-0.2, -0.15) is 4.98 Å². The summed E-state index contributed by atoms with van der Waals surface area (Å²) < 4.78 is 2.01. The highest BCUT2D eigenvalue weighted by Crippen LogP contribution is 2.27. The van der Waals surface area contributed by atoms with Gasteiger partial charge in [-0.05, 0) is 43.9 Å². The van der Waals surface area contributed by atoms with Gasteiger partial charge in [-0.25, -0.2) is 9.97 Å². The molecular weight excluding hydrogens is 298 g/mol. The Morgan fingerprint density at radius 2 is 1.92 bits per heavy atom. The van der Waals surface area contributed by atoms with Gasteiger partial charge in [-0.3, -0.25) is 4.57 Å². The molecule has 0 unspecified atom stereocenters. The minimum absolute atomic E-state index is 0.403. The van der Waals surface area contributed by atoms with Crippen LogP contribution < -0.4 is 5.32 Å². The number of hydrogen-bond donors (Lipinski definition) is 1. The number of rotatable bonds is 4. The summed E-state index contributed by atoms with van der Waals surface area (Å²) in [5, 5.41) is 3.51. The predicted octanol–water partition coefficient (Wildman–Crippen LogP) is 4.20. The van der Waals surface area contributed by atoms with Crippen molar-refractivity contribution >= 4 is 17.0 Å². The molecule has 2 heterocycles. The Kier molecular flexibility index (Phi) is 4.15. The van der Waals surface area contributed by atoms with Crippen LogP contribution in [0, 0.1) is 5.92 Å². The number of imidazole rings is 1. The maximum atomic E-state index is 4.70. The molecule has 1 saturated carbocycles. The molecule has 3 aromatic rings. The first-order chi connectivity index (χ1) is 11.8. The van der Waals surface area contributed by atoms with Gasteiger partial charge in [0.1, 0.15) is 12.1 Å². The molecule has 1 aliphatic rings. The van der Waals surface area contributed by atoms with E-state index in [-0.39, 0.29) is 0 Å². The van der Waals surface area contributed by atoms with Crippen molar-refractivity contribution in [2.75, 3.05) is 5.32 Å². The van der Waals surface area contributed by atoms with Crippen LogP contribution in [0.15, 0.2) is 42.9 Å². The molecule has 1 aliphatic carbocycles. The Bertz CT molecular complexity index is 819. The monoisotopic (exact) mass is 321 g/mol. The lowest BCUT2D eigenvalue weighted by molar-refractivity contribution is 0.327. The van der Waals surface area contributed by atoms with Gasteiger partial charge in [0.25, 0.3) is 0 Å². The van der Waals surface area contributed by atoms with E-state index < -0.39 is 0 Å². The number of anilines is 1. The smallest absolute Gasteiger partial charge is 0.224 e. The average Bonchev–Trinajstić information content (AvgIpc) is 3.07.